The second-order valence-electron chi connectivity index (χ2n) is 3.56. The molecule has 0 bridgehead atoms. The highest BCUT2D eigenvalue weighted by atomic mass is 35.5. The predicted octanol–water partition coefficient (Wildman–Crippen LogP) is 3.42. The van der Waals surface area contributed by atoms with E-state index in [0.29, 0.717) is 5.02 Å². The molecule has 18 heavy (non-hydrogen) atoms. The van der Waals surface area contributed by atoms with Crippen molar-refractivity contribution < 1.29 is 0 Å². The number of nitrogens with zero attached hydrogens (tertiary/aromatic N) is 3. The van der Waals surface area contributed by atoms with E-state index in [1.807, 2.05) is 32.0 Å². The Kier molecular flexibility index (Phi) is 4.38. The Hall–Kier alpha value is -1.33. The van der Waals surface area contributed by atoms with Crippen LogP contribution in [-0.4, -0.2) is 21.5 Å². The van der Waals surface area contributed by atoms with Crippen LogP contribution in [0.2, 0.25) is 5.02 Å². The number of pyridine rings is 1. The van der Waals surface area contributed by atoms with E-state index in [1.165, 1.54) is 11.8 Å². The molecule has 0 fully saturated rings. The van der Waals surface area contributed by atoms with Crippen molar-refractivity contribution in [1.29, 1.82) is 0 Å². The van der Waals surface area contributed by atoms with E-state index in [0.717, 1.165) is 28.2 Å². The van der Waals surface area contributed by atoms with Crippen LogP contribution in [0.3, 0.4) is 0 Å². The first kappa shape index (κ1) is 13.1. The first-order chi connectivity index (χ1) is 8.69. The molecule has 0 saturated carbocycles. The zero-order valence-electron chi connectivity index (χ0n) is 10.1. The summed E-state index contributed by atoms with van der Waals surface area (Å²) in [5.74, 6) is 1.54. The highest BCUT2D eigenvalue weighted by Gasteiger charge is 2.07. The van der Waals surface area contributed by atoms with Crippen LogP contribution < -0.4 is 5.32 Å². The molecule has 2 rings (SSSR count). The van der Waals surface area contributed by atoms with Crippen LogP contribution in [0.4, 0.5) is 5.82 Å². The molecule has 0 amide bonds. The minimum absolute atomic E-state index is 0.628. The third kappa shape index (κ3) is 3.34. The average molecular weight is 281 g/mol. The monoisotopic (exact) mass is 280 g/mol. The van der Waals surface area contributed by atoms with Crippen molar-refractivity contribution in [3.05, 3.63) is 35.2 Å². The average Bonchev–Trinajstić information content (AvgIpc) is 2.32. The van der Waals surface area contributed by atoms with E-state index in [4.69, 9.17) is 11.6 Å². The van der Waals surface area contributed by atoms with E-state index in [9.17, 15) is 0 Å². The first-order valence-electron chi connectivity index (χ1n) is 5.57. The highest BCUT2D eigenvalue weighted by Crippen LogP contribution is 2.30. The lowest BCUT2D eigenvalue weighted by Gasteiger charge is -2.06. The van der Waals surface area contributed by atoms with Crippen LogP contribution in [0.25, 0.3) is 0 Å². The van der Waals surface area contributed by atoms with Gasteiger partial charge in [-0.3, -0.25) is 0 Å². The van der Waals surface area contributed by atoms with Gasteiger partial charge in [-0.05, 0) is 37.7 Å². The van der Waals surface area contributed by atoms with E-state index < -0.39 is 0 Å². The molecule has 4 nitrogen and oxygen atoms in total. The van der Waals surface area contributed by atoms with Crippen LogP contribution in [0.1, 0.15) is 12.7 Å². The number of aryl methyl sites for hydroxylation is 1. The van der Waals surface area contributed by atoms with Crippen LogP contribution in [-0.2, 0) is 0 Å². The molecule has 6 heteroatoms. The number of anilines is 1. The van der Waals surface area contributed by atoms with Crippen molar-refractivity contribution in [1.82, 2.24) is 15.0 Å². The molecule has 2 aromatic rings. The van der Waals surface area contributed by atoms with Gasteiger partial charge in [-0.25, -0.2) is 15.0 Å². The number of hydrogen-bond donors (Lipinski definition) is 1. The molecule has 0 spiro atoms. The Morgan fingerprint density at radius 2 is 2.22 bits per heavy atom. The summed E-state index contributed by atoms with van der Waals surface area (Å²) in [5, 5.41) is 5.38. The standard InChI is InChI=1S/C12H13ClN4S/c1-3-14-10-7-11(17-8(2)16-10)18-12-9(13)5-4-6-15-12/h4-7H,3H2,1-2H3,(H,14,16,17). The fourth-order valence-corrected chi connectivity index (χ4v) is 2.47. The van der Waals surface area contributed by atoms with Crippen molar-refractivity contribution in [3.63, 3.8) is 0 Å². The molecule has 94 valence electrons. The van der Waals surface area contributed by atoms with E-state index in [-0.39, 0.29) is 0 Å². The molecular formula is C12H13ClN4S. The molecule has 0 aliphatic rings. The van der Waals surface area contributed by atoms with Gasteiger partial charge in [0.1, 0.15) is 21.7 Å². The van der Waals surface area contributed by atoms with Gasteiger partial charge in [-0.15, -0.1) is 0 Å². The summed E-state index contributed by atoms with van der Waals surface area (Å²) in [6, 6.07) is 5.52. The molecule has 0 aliphatic carbocycles. The largest absolute Gasteiger partial charge is 0.370 e. The molecular weight excluding hydrogens is 268 g/mol. The summed E-state index contributed by atoms with van der Waals surface area (Å²) in [5.41, 5.74) is 0. The van der Waals surface area contributed by atoms with Crippen LogP contribution in [0, 0.1) is 6.92 Å². The third-order valence-corrected chi connectivity index (χ3v) is 3.45. The fourth-order valence-electron chi connectivity index (χ4n) is 1.41. The van der Waals surface area contributed by atoms with Crippen molar-refractivity contribution in [3.8, 4) is 0 Å². The van der Waals surface area contributed by atoms with Gasteiger partial charge in [0.05, 0.1) is 5.02 Å². The number of halogens is 1. The second kappa shape index (κ2) is 6.02. The Balaban J connectivity index is 2.26. The normalized spacial score (nSPS) is 10.4. The van der Waals surface area contributed by atoms with Crippen molar-refractivity contribution >= 4 is 29.2 Å². The molecule has 2 aromatic heterocycles. The number of aromatic nitrogens is 3. The molecule has 0 aromatic carbocycles. The molecule has 0 saturated heterocycles. The Bertz CT molecular complexity index is 547. The summed E-state index contributed by atoms with van der Waals surface area (Å²) in [7, 11) is 0. The zero-order valence-corrected chi connectivity index (χ0v) is 11.7. The molecule has 0 aliphatic heterocycles. The van der Waals surface area contributed by atoms with Crippen LogP contribution >= 0.6 is 23.4 Å². The quantitative estimate of drug-likeness (QED) is 0.870. The molecule has 1 N–H and O–H groups in total. The SMILES string of the molecule is CCNc1cc(Sc2ncccc2Cl)nc(C)n1. The number of hydrogen-bond acceptors (Lipinski definition) is 5. The maximum Gasteiger partial charge on any atom is 0.130 e. The lowest BCUT2D eigenvalue weighted by molar-refractivity contribution is 0.957. The summed E-state index contributed by atoms with van der Waals surface area (Å²) >= 11 is 7.51. The van der Waals surface area contributed by atoms with Gasteiger partial charge in [-0.2, -0.15) is 0 Å². The second-order valence-corrected chi connectivity index (χ2v) is 4.98. The molecule has 0 radical (unpaired) electrons. The molecule has 0 atom stereocenters. The number of rotatable bonds is 4. The Morgan fingerprint density at radius 3 is 2.94 bits per heavy atom. The summed E-state index contributed by atoms with van der Waals surface area (Å²) in [6.07, 6.45) is 1.72. The van der Waals surface area contributed by atoms with Gasteiger partial charge >= 0.3 is 0 Å². The first-order valence-corrected chi connectivity index (χ1v) is 6.76. The fraction of sp³-hybridized carbons (Fsp3) is 0.250. The van der Waals surface area contributed by atoms with Gasteiger partial charge in [0.15, 0.2) is 0 Å². The van der Waals surface area contributed by atoms with Crippen molar-refractivity contribution in [2.45, 2.75) is 23.9 Å². The van der Waals surface area contributed by atoms with Gasteiger partial charge < -0.3 is 5.32 Å². The topological polar surface area (TPSA) is 50.7 Å². The maximum absolute atomic E-state index is 6.07. The molecule has 0 unspecified atom stereocenters. The minimum Gasteiger partial charge on any atom is -0.370 e. The summed E-state index contributed by atoms with van der Waals surface area (Å²) in [4.78, 5) is 12.9. The summed E-state index contributed by atoms with van der Waals surface area (Å²) in [6.45, 7) is 4.72. The summed E-state index contributed by atoms with van der Waals surface area (Å²) < 4.78 is 0. The smallest absolute Gasteiger partial charge is 0.130 e. The van der Waals surface area contributed by atoms with E-state index in [2.05, 4.69) is 20.3 Å². The van der Waals surface area contributed by atoms with Gasteiger partial charge in [-0.1, -0.05) is 11.6 Å². The van der Waals surface area contributed by atoms with Crippen LogP contribution in [0.5, 0.6) is 0 Å². The maximum atomic E-state index is 6.07. The zero-order chi connectivity index (χ0) is 13.0. The Labute approximate surface area is 115 Å². The van der Waals surface area contributed by atoms with Gasteiger partial charge in [0, 0.05) is 18.8 Å². The Morgan fingerprint density at radius 1 is 1.39 bits per heavy atom. The molecule has 2 heterocycles. The van der Waals surface area contributed by atoms with Gasteiger partial charge in [0.25, 0.3) is 0 Å². The number of nitrogens with one attached hydrogen (secondary N) is 1. The van der Waals surface area contributed by atoms with Crippen LogP contribution in [0.15, 0.2) is 34.4 Å². The lowest BCUT2D eigenvalue weighted by atomic mass is 10.5. The van der Waals surface area contributed by atoms with E-state index in [1.54, 1.807) is 6.20 Å². The van der Waals surface area contributed by atoms with Gasteiger partial charge in [0.2, 0.25) is 0 Å². The van der Waals surface area contributed by atoms with Crippen molar-refractivity contribution in [2.24, 2.45) is 0 Å². The van der Waals surface area contributed by atoms with E-state index >= 15 is 0 Å². The minimum atomic E-state index is 0.628. The third-order valence-electron chi connectivity index (χ3n) is 2.10. The van der Waals surface area contributed by atoms with Crippen molar-refractivity contribution in [2.75, 3.05) is 11.9 Å². The lowest BCUT2D eigenvalue weighted by Crippen LogP contribution is -2.02. The predicted molar refractivity (Wildman–Crippen MR) is 74.3 cm³/mol. The highest BCUT2D eigenvalue weighted by molar-refractivity contribution is 7.99.